The summed E-state index contributed by atoms with van der Waals surface area (Å²) in [6.07, 6.45) is 5.98. The second-order valence-corrected chi connectivity index (χ2v) is 9.45. The molecule has 6 nitrogen and oxygen atoms in total. The van der Waals surface area contributed by atoms with E-state index < -0.39 is 5.41 Å². The van der Waals surface area contributed by atoms with Gasteiger partial charge < -0.3 is 14.7 Å². The number of nitrogens with zero attached hydrogens (tertiary/aromatic N) is 4. The third-order valence-electron chi connectivity index (χ3n) is 7.13. The smallest absolute Gasteiger partial charge is 0.229 e. The Morgan fingerprint density at radius 1 is 1.09 bits per heavy atom. The molecule has 6 heteroatoms. The fourth-order valence-electron chi connectivity index (χ4n) is 5.25. The highest BCUT2D eigenvalue weighted by molar-refractivity contribution is 5.84. The van der Waals surface area contributed by atoms with Crippen molar-refractivity contribution in [2.24, 2.45) is 5.41 Å². The van der Waals surface area contributed by atoms with Crippen molar-refractivity contribution in [3.05, 3.63) is 59.8 Å². The van der Waals surface area contributed by atoms with Gasteiger partial charge in [0.25, 0.3) is 0 Å². The first-order valence-corrected chi connectivity index (χ1v) is 11.6. The molecule has 2 saturated heterocycles. The lowest BCUT2D eigenvalue weighted by molar-refractivity contribution is -0.149. The van der Waals surface area contributed by atoms with Gasteiger partial charge in [0.2, 0.25) is 11.8 Å². The number of likely N-dealkylation sites (tertiary alicyclic amines) is 2. The van der Waals surface area contributed by atoms with Gasteiger partial charge in [0, 0.05) is 46.9 Å². The number of rotatable bonds is 5. The lowest BCUT2D eigenvalue weighted by atomic mass is 9.72. The molecule has 0 bridgehead atoms. The average molecular weight is 435 g/mol. The summed E-state index contributed by atoms with van der Waals surface area (Å²) in [5.74, 6) is 1.25. The third kappa shape index (κ3) is 4.50. The lowest BCUT2D eigenvalue weighted by Gasteiger charge is -2.43. The highest BCUT2D eigenvalue weighted by Gasteiger charge is 2.46. The Bertz CT molecular complexity index is 951. The maximum absolute atomic E-state index is 14.2. The summed E-state index contributed by atoms with van der Waals surface area (Å²) >= 11 is 0. The number of amides is 2. The number of aromatic nitrogens is 1. The van der Waals surface area contributed by atoms with Crippen molar-refractivity contribution >= 4 is 17.6 Å². The monoisotopic (exact) mass is 434 g/mol. The summed E-state index contributed by atoms with van der Waals surface area (Å²) in [5, 5.41) is 0. The van der Waals surface area contributed by atoms with E-state index in [1.807, 2.05) is 54.4 Å². The molecule has 2 fully saturated rings. The number of anilines is 1. The van der Waals surface area contributed by atoms with E-state index >= 15 is 0 Å². The first-order valence-electron chi connectivity index (χ1n) is 11.6. The molecule has 32 heavy (non-hydrogen) atoms. The van der Waals surface area contributed by atoms with Crippen LogP contribution in [0.4, 0.5) is 5.82 Å². The Labute approximate surface area is 191 Å². The number of carbonyl (C=O) groups excluding carboxylic acids is 2. The van der Waals surface area contributed by atoms with Gasteiger partial charge in [0.15, 0.2) is 0 Å². The van der Waals surface area contributed by atoms with E-state index in [1.54, 1.807) is 6.92 Å². The first kappa shape index (κ1) is 22.3. The normalized spacial score (nSPS) is 20.3. The third-order valence-corrected chi connectivity index (χ3v) is 7.13. The summed E-state index contributed by atoms with van der Waals surface area (Å²) in [4.78, 5) is 36.6. The molecule has 2 aliphatic rings. The van der Waals surface area contributed by atoms with E-state index in [0.29, 0.717) is 25.9 Å². The van der Waals surface area contributed by atoms with Crippen LogP contribution in [0.2, 0.25) is 0 Å². The van der Waals surface area contributed by atoms with Gasteiger partial charge in [0.1, 0.15) is 5.82 Å². The number of carbonyl (C=O) groups is 2. The van der Waals surface area contributed by atoms with Gasteiger partial charge in [-0.25, -0.2) is 4.98 Å². The number of pyridine rings is 1. The molecule has 2 amide bonds. The van der Waals surface area contributed by atoms with Gasteiger partial charge >= 0.3 is 0 Å². The molecule has 1 atom stereocenters. The van der Waals surface area contributed by atoms with E-state index in [0.717, 1.165) is 37.2 Å². The van der Waals surface area contributed by atoms with Crippen molar-refractivity contribution in [2.45, 2.75) is 45.1 Å². The van der Waals surface area contributed by atoms with E-state index in [1.165, 1.54) is 5.56 Å². The fraction of sp³-hybridized carbons (Fsp3) is 0.500. The molecule has 0 radical (unpaired) electrons. The van der Waals surface area contributed by atoms with Gasteiger partial charge in [-0.15, -0.1) is 0 Å². The van der Waals surface area contributed by atoms with Crippen LogP contribution in [0.1, 0.15) is 49.8 Å². The zero-order valence-corrected chi connectivity index (χ0v) is 19.5. The molecule has 0 saturated carbocycles. The van der Waals surface area contributed by atoms with Crippen LogP contribution in [0.25, 0.3) is 0 Å². The van der Waals surface area contributed by atoms with Crippen molar-refractivity contribution in [1.82, 2.24) is 14.8 Å². The molecule has 0 aliphatic carbocycles. The zero-order valence-electron chi connectivity index (χ0n) is 19.5. The molecule has 1 aromatic heterocycles. The summed E-state index contributed by atoms with van der Waals surface area (Å²) in [6, 6.07) is 14.6. The molecule has 170 valence electrons. The SMILES string of the molecule is CC(=O)N1CCC(Cc2ccccc2)(C(=O)N2CCC[C@H]2c2ccnc(N(C)C)c2)CC1. The molecule has 4 rings (SSSR count). The van der Waals surface area contributed by atoms with Crippen LogP contribution in [0.5, 0.6) is 0 Å². The van der Waals surface area contributed by atoms with Crippen molar-refractivity contribution in [3.63, 3.8) is 0 Å². The van der Waals surface area contributed by atoms with Gasteiger partial charge in [0.05, 0.1) is 11.5 Å². The van der Waals surface area contributed by atoms with Crippen LogP contribution in [0, 0.1) is 5.41 Å². The Morgan fingerprint density at radius 2 is 1.81 bits per heavy atom. The van der Waals surface area contributed by atoms with E-state index in [-0.39, 0.29) is 17.9 Å². The minimum atomic E-state index is -0.465. The molecular formula is C26H34N4O2. The maximum atomic E-state index is 14.2. The van der Waals surface area contributed by atoms with Crippen molar-refractivity contribution in [1.29, 1.82) is 0 Å². The van der Waals surface area contributed by atoms with E-state index in [9.17, 15) is 9.59 Å². The van der Waals surface area contributed by atoms with Crippen LogP contribution in [0.15, 0.2) is 48.7 Å². The van der Waals surface area contributed by atoms with Crippen LogP contribution >= 0.6 is 0 Å². The molecule has 0 spiro atoms. The summed E-state index contributed by atoms with van der Waals surface area (Å²) < 4.78 is 0. The number of piperidine rings is 1. The quantitative estimate of drug-likeness (QED) is 0.720. The predicted octanol–water partition coefficient (Wildman–Crippen LogP) is 3.68. The molecule has 2 aliphatic heterocycles. The van der Waals surface area contributed by atoms with E-state index in [2.05, 4.69) is 28.1 Å². The number of hydrogen-bond donors (Lipinski definition) is 0. The van der Waals surface area contributed by atoms with Gasteiger partial charge in [-0.2, -0.15) is 0 Å². The molecule has 3 heterocycles. The van der Waals surface area contributed by atoms with Crippen molar-refractivity contribution < 1.29 is 9.59 Å². The topological polar surface area (TPSA) is 56.8 Å². The molecule has 2 aromatic rings. The fourth-order valence-corrected chi connectivity index (χ4v) is 5.25. The highest BCUT2D eigenvalue weighted by atomic mass is 16.2. The predicted molar refractivity (Wildman–Crippen MR) is 126 cm³/mol. The Balaban J connectivity index is 1.62. The average Bonchev–Trinajstić information content (AvgIpc) is 3.29. The second kappa shape index (κ2) is 9.31. The maximum Gasteiger partial charge on any atom is 0.229 e. The van der Waals surface area contributed by atoms with Gasteiger partial charge in [-0.1, -0.05) is 30.3 Å². The van der Waals surface area contributed by atoms with Crippen LogP contribution < -0.4 is 4.90 Å². The number of hydrogen-bond acceptors (Lipinski definition) is 4. The molecular weight excluding hydrogens is 400 g/mol. The highest BCUT2D eigenvalue weighted by Crippen LogP contribution is 2.42. The summed E-state index contributed by atoms with van der Waals surface area (Å²) in [6.45, 7) is 3.70. The molecule has 1 aromatic carbocycles. The standard InChI is InChI=1S/C26H34N4O2/c1-20(31)29-16-12-26(13-17-29,19-21-8-5-4-6-9-21)25(32)30-15-7-10-23(30)22-11-14-27-24(18-22)28(2)3/h4-6,8-9,11,14,18,23H,7,10,12-13,15-17,19H2,1-3H3/t23-/m0/s1. The molecule has 0 unspecified atom stereocenters. The van der Waals surface area contributed by atoms with E-state index in [4.69, 9.17) is 0 Å². The number of benzene rings is 1. The van der Waals surface area contributed by atoms with Crippen LogP contribution in [0.3, 0.4) is 0 Å². The van der Waals surface area contributed by atoms with Gasteiger partial charge in [-0.05, 0) is 55.4 Å². The van der Waals surface area contributed by atoms with Crippen molar-refractivity contribution in [2.75, 3.05) is 38.6 Å². The zero-order chi connectivity index (χ0) is 22.7. The molecule has 0 N–H and O–H groups in total. The minimum Gasteiger partial charge on any atom is -0.363 e. The van der Waals surface area contributed by atoms with Gasteiger partial charge in [-0.3, -0.25) is 9.59 Å². The Kier molecular flexibility index (Phi) is 6.49. The second-order valence-electron chi connectivity index (χ2n) is 9.45. The summed E-state index contributed by atoms with van der Waals surface area (Å²) in [5.41, 5.74) is 1.88. The Hall–Kier alpha value is -2.89. The lowest BCUT2D eigenvalue weighted by Crippen LogP contribution is -2.52. The minimum absolute atomic E-state index is 0.0858. The van der Waals surface area contributed by atoms with Crippen molar-refractivity contribution in [3.8, 4) is 0 Å². The van der Waals surface area contributed by atoms with Crippen LogP contribution in [-0.4, -0.2) is 60.3 Å². The summed E-state index contributed by atoms with van der Waals surface area (Å²) in [7, 11) is 3.97. The Morgan fingerprint density at radius 3 is 2.47 bits per heavy atom. The first-order chi connectivity index (χ1) is 15.4. The van der Waals surface area contributed by atoms with Crippen LogP contribution in [-0.2, 0) is 16.0 Å². The largest absolute Gasteiger partial charge is 0.363 e.